The van der Waals surface area contributed by atoms with Gasteiger partial charge in [-0.05, 0) is 12.1 Å². The summed E-state index contributed by atoms with van der Waals surface area (Å²) in [7, 11) is 0. The van der Waals surface area contributed by atoms with Crippen LogP contribution in [0.25, 0.3) is 11.4 Å². The van der Waals surface area contributed by atoms with Crippen LogP contribution in [-0.2, 0) is 11.3 Å². The van der Waals surface area contributed by atoms with Crippen molar-refractivity contribution >= 4 is 5.91 Å². The van der Waals surface area contributed by atoms with Gasteiger partial charge in [0.05, 0.1) is 5.92 Å². The van der Waals surface area contributed by atoms with Crippen LogP contribution in [0, 0.1) is 0 Å². The van der Waals surface area contributed by atoms with Crippen LogP contribution < -0.4 is 4.74 Å². The monoisotopic (exact) mass is 464 g/mol. The van der Waals surface area contributed by atoms with Crippen molar-refractivity contribution in [3.05, 3.63) is 102 Å². The van der Waals surface area contributed by atoms with Gasteiger partial charge in [-0.3, -0.25) is 9.69 Å². The van der Waals surface area contributed by atoms with Crippen LogP contribution in [0.15, 0.2) is 91.3 Å². The first kappa shape index (κ1) is 21.6. The van der Waals surface area contributed by atoms with Crippen LogP contribution in [0.1, 0.15) is 17.0 Å². The minimum absolute atomic E-state index is 0.161. The molecule has 1 fully saturated rings. The quantitative estimate of drug-likeness (QED) is 0.432. The second-order valence-electron chi connectivity index (χ2n) is 9.09. The van der Waals surface area contributed by atoms with Crippen molar-refractivity contribution in [1.82, 2.24) is 19.4 Å². The maximum absolute atomic E-state index is 13.8. The molecule has 0 atom stereocenters. The highest BCUT2D eigenvalue weighted by Crippen LogP contribution is 2.44. The van der Waals surface area contributed by atoms with E-state index in [0.717, 1.165) is 73.3 Å². The molecule has 2 aliphatic rings. The molecular formula is C29H28N4O2. The molecule has 176 valence electrons. The molecule has 3 heterocycles. The van der Waals surface area contributed by atoms with Crippen LogP contribution in [0.3, 0.4) is 0 Å². The average Bonchev–Trinajstić information content (AvgIpc) is 3.40. The summed E-state index contributed by atoms with van der Waals surface area (Å²) in [5, 5.41) is 0. The summed E-state index contributed by atoms with van der Waals surface area (Å²) in [5.74, 6) is 2.39. The topological polar surface area (TPSA) is 50.6 Å². The van der Waals surface area contributed by atoms with E-state index in [1.54, 1.807) is 0 Å². The highest BCUT2D eigenvalue weighted by molar-refractivity contribution is 5.89. The van der Waals surface area contributed by atoms with E-state index in [0.29, 0.717) is 0 Å². The Morgan fingerprint density at radius 2 is 1.43 bits per heavy atom. The smallest absolute Gasteiger partial charge is 0.234 e. The summed E-state index contributed by atoms with van der Waals surface area (Å²) in [6, 6.07) is 26.1. The first-order valence-corrected chi connectivity index (χ1v) is 12.2. The summed E-state index contributed by atoms with van der Waals surface area (Å²) < 4.78 is 8.30. The molecule has 6 heteroatoms. The molecule has 0 N–H and O–H groups in total. The average molecular weight is 465 g/mol. The molecule has 0 saturated carbocycles. The number of imidazole rings is 1. The maximum atomic E-state index is 13.8. The van der Waals surface area contributed by atoms with Crippen molar-refractivity contribution in [2.24, 2.45) is 0 Å². The number of amides is 1. The lowest BCUT2D eigenvalue weighted by Crippen LogP contribution is -2.50. The Morgan fingerprint density at radius 3 is 2.11 bits per heavy atom. The van der Waals surface area contributed by atoms with Crippen molar-refractivity contribution in [2.75, 3.05) is 32.7 Å². The van der Waals surface area contributed by atoms with Gasteiger partial charge in [0.25, 0.3) is 0 Å². The summed E-state index contributed by atoms with van der Waals surface area (Å²) in [4.78, 5) is 22.8. The van der Waals surface area contributed by atoms with E-state index in [-0.39, 0.29) is 11.8 Å². The standard InChI is InChI=1S/C29H28N4O2/c34-29(27-23-10-4-6-12-25(23)35-26-13-7-5-11-24(26)27)33-20-17-31(18-21-33)16-19-32-15-14-30-28(32)22-8-2-1-3-9-22/h1-15,27H,16-21H2. The Bertz CT molecular complexity index is 1280. The van der Waals surface area contributed by atoms with Gasteiger partial charge in [-0.15, -0.1) is 0 Å². The highest BCUT2D eigenvalue weighted by atomic mass is 16.5. The van der Waals surface area contributed by atoms with E-state index in [2.05, 4.69) is 26.6 Å². The summed E-state index contributed by atoms with van der Waals surface area (Å²) in [6.45, 7) is 5.01. The number of carbonyl (C=O) groups is 1. The molecule has 2 aliphatic heterocycles. The molecule has 1 aromatic heterocycles. The summed E-state index contributed by atoms with van der Waals surface area (Å²) >= 11 is 0. The van der Waals surface area contributed by atoms with Crippen LogP contribution in [0.5, 0.6) is 11.5 Å². The van der Waals surface area contributed by atoms with Crippen molar-refractivity contribution in [3.8, 4) is 22.9 Å². The largest absolute Gasteiger partial charge is 0.457 e. The van der Waals surface area contributed by atoms with Gasteiger partial charge in [-0.2, -0.15) is 0 Å². The van der Waals surface area contributed by atoms with Gasteiger partial charge in [0.15, 0.2) is 0 Å². The second-order valence-corrected chi connectivity index (χ2v) is 9.09. The number of para-hydroxylation sites is 2. The van der Waals surface area contributed by atoms with E-state index in [4.69, 9.17) is 4.74 Å². The number of hydrogen-bond donors (Lipinski definition) is 0. The van der Waals surface area contributed by atoms with Gasteiger partial charge in [0.1, 0.15) is 17.3 Å². The van der Waals surface area contributed by atoms with E-state index >= 15 is 0 Å². The highest BCUT2D eigenvalue weighted by Gasteiger charge is 2.36. The number of piperazine rings is 1. The zero-order valence-electron chi connectivity index (χ0n) is 19.6. The lowest BCUT2D eigenvalue weighted by atomic mass is 9.86. The van der Waals surface area contributed by atoms with Gasteiger partial charge in [0, 0.05) is 68.4 Å². The second kappa shape index (κ2) is 9.39. The molecule has 6 nitrogen and oxygen atoms in total. The molecule has 6 rings (SSSR count). The minimum Gasteiger partial charge on any atom is -0.457 e. The molecule has 4 aromatic rings. The number of nitrogens with zero attached hydrogens (tertiary/aromatic N) is 4. The van der Waals surface area contributed by atoms with Crippen molar-refractivity contribution in [1.29, 1.82) is 0 Å². The van der Waals surface area contributed by atoms with Crippen LogP contribution >= 0.6 is 0 Å². The van der Waals surface area contributed by atoms with Gasteiger partial charge in [-0.1, -0.05) is 66.7 Å². The molecule has 0 bridgehead atoms. The molecule has 0 aliphatic carbocycles. The van der Waals surface area contributed by atoms with Gasteiger partial charge in [0.2, 0.25) is 5.91 Å². The lowest BCUT2D eigenvalue weighted by molar-refractivity contribution is -0.133. The summed E-state index contributed by atoms with van der Waals surface area (Å²) in [6.07, 6.45) is 3.91. The zero-order valence-corrected chi connectivity index (χ0v) is 19.6. The van der Waals surface area contributed by atoms with Crippen LogP contribution in [-0.4, -0.2) is 58.0 Å². The van der Waals surface area contributed by atoms with Crippen molar-refractivity contribution < 1.29 is 9.53 Å². The number of rotatable bonds is 5. The number of aromatic nitrogens is 2. The van der Waals surface area contributed by atoms with E-state index in [9.17, 15) is 4.79 Å². The molecule has 35 heavy (non-hydrogen) atoms. The third-order valence-electron chi connectivity index (χ3n) is 7.02. The van der Waals surface area contributed by atoms with Crippen molar-refractivity contribution in [3.63, 3.8) is 0 Å². The molecule has 0 unspecified atom stereocenters. The van der Waals surface area contributed by atoms with E-state index in [1.807, 2.05) is 84.0 Å². The fraction of sp³-hybridized carbons (Fsp3) is 0.241. The van der Waals surface area contributed by atoms with Crippen LogP contribution in [0.4, 0.5) is 0 Å². The summed E-state index contributed by atoms with van der Waals surface area (Å²) in [5.41, 5.74) is 3.03. The van der Waals surface area contributed by atoms with Crippen molar-refractivity contribution in [2.45, 2.75) is 12.5 Å². The Kier molecular flexibility index (Phi) is 5.80. The molecule has 0 radical (unpaired) electrons. The predicted octanol–water partition coefficient (Wildman–Crippen LogP) is 4.63. The molecule has 3 aromatic carbocycles. The fourth-order valence-corrected chi connectivity index (χ4v) is 5.14. The minimum atomic E-state index is -0.318. The number of ether oxygens (including phenoxy) is 1. The number of benzene rings is 3. The number of carbonyl (C=O) groups excluding carboxylic acids is 1. The Morgan fingerprint density at radius 1 is 0.800 bits per heavy atom. The Labute approximate surface area is 205 Å². The third-order valence-corrected chi connectivity index (χ3v) is 7.02. The predicted molar refractivity (Wildman–Crippen MR) is 135 cm³/mol. The molecule has 1 amide bonds. The number of hydrogen-bond acceptors (Lipinski definition) is 4. The van der Waals surface area contributed by atoms with E-state index in [1.165, 1.54) is 0 Å². The fourth-order valence-electron chi connectivity index (χ4n) is 5.14. The van der Waals surface area contributed by atoms with Gasteiger partial charge in [-0.25, -0.2) is 4.98 Å². The third kappa shape index (κ3) is 4.21. The molecular weight excluding hydrogens is 436 g/mol. The molecule has 0 spiro atoms. The SMILES string of the molecule is O=C(C1c2ccccc2Oc2ccccc21)N1CCN(CCn2ccnc2-c2ccccc2)CC1. The normalized spacial score (nSPS) is 15.8. The van der Waals surface area contributed by atoms with E-state index < -0.39 is 0 Å². The maximum Gasteiger partial charge on any atom is 0.234 e. The van der Waals surface area contributed by atoms with Gasteiger partial charge >= 0.3 is 0 Å². The lowest BCUT2D eigenvalue weighted by Gasteiger charge is -2.38. The first-order chi connectivity index (χ1) is 17.3. The Hall–Kier alpha value is -3.90. The van der Waals surface area contributed by atoms with Crippen LogP contribution in [0.2, 0.25) is 0 Å². The first-order valence-electron chi connectivity index (χ1n) is 12.2. The molecule has 1 saturated heterocycles. The number of fused-ring (bicyclic) bond motifs is 2. The zero-order chi connectivity index (χ0) is 23.6. The Balaban J connectivity index is 1.12. The van der Waals surface area contributed by atoms with Gasteiger partial charge < -0.3 is 14.2 Å².